The van der Waals surface area contributed by atoms with Gasteiger partial charge in [-0.2, -0.15) is 17.4 Å². The predicted molar refractivity (Wildman–Crippen MR) is 50.6 cm³/mol. The van der Waals surface area contributed by atoms with E-state index in [9.17, 15) is 13.2 Å². The number of hydrogen-bond acceptors (Lipinski definition) is 5. The molecule has 3 N–H and O–H groups in total. The number of methoxy groups -OCH3 is 1. The van der Waals surface area contributed by atoms with Crippen LogP contribution in [0.3, 0.4) is 0 Å². The van der Waals surface area contributed by atoms with Crippen molar-refractivity contribution >= 4 is 16.2 Å². The Labute approximate surface area is 83.4 Å². The zero-order chi connectivity index (χ0) is 11.4. The third-order valence-electron chi connectivity index (χ3n) is 1.49. The summed E-state index contributed by atoms with van der Waals surface area (Å²) in [6, 6.07) is -1.05. The Morgan fingerprint density at radius 1 is 1.57 bits per heavy atom. The lowest BCUT2D eigenvalue weighted by molar-refractivity contribution is -0.142. The molecule has 0 aromatic rings. The van der Waals surface area contributed by atoms with Crippen molar-refractivity contribution in [1.29, 1.82) is 0 Å². The van der Waals surface area contributed by atoms with Crippen molar-refractivity contribution in [1.82, 2.24) is 9.03 Å². The standard InChI is InChI=1S/C6H15N3O4S/c1-9(2)14(11,12)8-5(4-7)6(10)13-3/h5,8H,4,7H2,1-3H3/t5-/m0/s1. The third-order valence-corrected chi connectivity index (χ3v) is 3.04. The smallest absolute Gasteiger partial charge is 0.325 e. The molecule has 0 aliphatic carbocycles. The molecule has 8 heteroatoms. The number of nitrogens with zero attached hydrogens (tertiary/aromatic N) is 1. The second-order valence-electron chi connectivity index (χ2n) is 2.72. The molecule has 0 aliphatic rings. The minimum atomic E-state index is -3.66. The highest BCUT2D eigenvalue weighted by atomic mass is 32.2. The molecule has 84 valence electrons. The van der Waals surface area contributed by atoms with Gasteiger partial charge in [0.1, 0.15) is 6.04 Å². The van der Waals surface area contributed by atoms with Crippen molar-refractivity contribution in [3.63, 3.8) is 0 Å². The highest BCUT2D eigenvalue weighted by Crippen LogP contribution is 1.93. The summed E-state index contributed by atoms with van der Waals surface area (Å²) in [6.45, 7) is -0.153. The van der Waals surface area contributed by atoms with Crippen molar-refractivity contribution in [3.8, 4) is 0 Å². The van der Waals surface area contributed by atoms with Gasteiger partial charge in [-0.1, -0.05) is 0 Å². The molecule has 7 nitrogen and oxygen atoms in total. The summed E-state index contributed by atoms with van der Waals surface area (Å²) in [7, 11) is 0.180. The van der Waals surface area contributed by atoms with E-state index in [-0.39, 0.29) is 6.54 Å². The average Bonchev–Trinajstić information content (AvgIpc) is 2.12. The summed E-state index contributed by atoms with van der Waals surface area (Å²) in [6.07, 6.45) is 0. The number of hydrogen-bond donors (Lipinski definition) is 2. The highest BCUT2D eigenvalue weighted by Gasteiger charge is 2.24. The van der Waals surface area contributed by atoms with Crippen LogP contribution >= 0.6 is 0 Å². The normalized spacial score (nSPS) is 14.1. The molecule has 0 aliphatic heterocycles. The predicted octanol–water partition coefficient (Wildman–Crippen LogP) is -2.12. The van der Waals surface area contributed by atoms with Crippen molar-refractivity contribution in [2.45, 2.75) is 6.04 Å². The molecular weight excluding hydrogens is 210 g/mol. The van der Waals surface area contributed by atoms with Gasteiger partial charge in [0.2, 0.25) is 0 Å². The van der Waals surface area contributed by atoms with Crippen molar-refractivity contribution < 1.29 is 17.9 Å². The molecule has 14 heavy (non-hydrogen) atoms. The second-order valence-corrected chi connectivity index (χ2v) is 4.63. The minimum absolute atomic E-state index is 0.153. The summed E-state index contributed by atoms with van der Waals surface area (Å²) in [5.41, 5.74) is 5.21. The van der Waals surface area contributed by atoms with Gasteiger partial charge in [-0.3, -0.25) is 4.79 Å². The van der Waals surface area contributed by atoms with Crippen LogP contribution in [0.4, 0.5) is 0 Å². The quantitative estimate of drug-likeness (QED) is 0.521. The van der Waals surface area contributed by atoms with Gasteiger partial charge in [0.25, 0.3) is 10.2 Å². The van der Waals surface area contributed by atoms with Gasteiger partial charge in [-0.15, -0.1) is 0 Å². The van der Waals surface area contributed by atoms with Crippen LogP contribution in [0.1, 0.15) is 0 Å². The molecule has 0 fully saturated rings. The van der Waals surface area contributed by atoms with Gasteiger partial charge in [-0.25, -0.2) is 0 Å². The second kappa shape index (κ2) is 5.25. The van der Waals surface area contributed by atoms with Gasteiger partial charge in [0.15, 0.2) is 0 Å². The summed E-state index contributed by atoms with van der Waals surface area (Å²) >= 11 is 0. The summed E-state index contributed by atoms with van der Waals surface area (Å²) in [4.78, 5) is 11.0. The molecule has 0 aromatic carbocycles. The fraction of sp³-hybridized carbons (Fsp3) is 0.833. The van der Waals surface area contributed by atoms with E-state index in [1.807, 2.05) is 0 Å². The number of carbonyl (C=O) groups excluding carboxylic acids is 1. The van der Waals surface area contributed by atoms with Gasteiger partial charge in [-0.05, 0) is 0 Å². The molecule has 0 saturated heterocycles. The first kappa shape index (κ1) is 13.3. The molecule has 0 saturated carbocycles. The van der Waals surface area contributed by atoms with E-state index in [4.69, 9.17) is 5.73 Å². The average molecular weight is 225 g/mol. The Morgan fingerprint density at radius 3 is 2.36 bits per heavy atom. The first-order valence-corrected chi connectivity index (χ1v) is 5.26. The highest BCUT2D eigenvalue weighted by molar-refractivity contribution is 7.87. The van der Waals surface area contributed by atoms with E-state index in [1.54, 1.807) is 0 Å². The fourth-order valence-corrected chi connectivity index (χ4v) is 1.38. The van der Waals surface area contributed by atoms with E-state index >= 15 is 0 Å². The summed E-state index contributed by atoms with van der Waals surface area (Å²) in [5.74, 6) is -0.710. The topological polar surface area (TPSA) is 102 Å². The molecule has 0 spiro atoms. The van der Waals surface area contributed by atoms with Gasteiger partial charge in [0.05, 0.1) is 7.11 Å². The number of nitrogens with two attached hydrogens (primary N) is 1. The van der Waals surface area contributed by atoms with Crippen LogP contribution < -0.4 is 10.5 Å². The van der Waals surface area contributed by atoms with Crippen molar-refractivity contribution in [3.05, 3.63) is 0 Å². The molecule has 0 radical (unpaired) electrons. The molecule has 0 rings (SSSR count). The van der Waals surface area contributed by atoms with Crippen LogP contribution in [-0.4, -0.2) is 52.5 Å². The van der Waals surface area contributed by atoms with E-state index in [1.165, 1.54) is 14.1 Å². The lowest BCUT2D eigenvalue weighted by Crippen LogP contribution is -2.49. The van der Waals surface area contributed by atoms with Crippen LogP contribution in [0.25, 0.3) is 0 Å². The Morgan fingerprint density at radius 2 is 2.07 bits per heavy atom. The first-order valence-electron chi connectivity index (χ1n) is 3.82. The molecule has 1 atom stereocenters. The lowest BCUT2D eigenvalue weighted by Gasteiger charge is -2.17. The third kappa shape index (κ3) is 3.58. The first-order chi connectivity index (χ1) is 6.35. The van der Waals surface area contributed by atoms with Crippen LogP contribution in [0.2, 0.25) is 0 Å². The van der Waals surface area contributed by atoms with Crippen molar-refractivity contribution in [2.75, 3.05) is 27.7 Å². The molecular formula is C6H15N3O4S. The van der Waals surface area contributed by atoms with Gasteiger partial charge in [0, 0.05) is 20.6 Å². The van der Waals surface area contributed by atoms with Crippen LogP contribution in [0.15, 0.2) is 0 Å². The van der Waals surface area contributed by atoms with Crippen LogP contribution in [0, 0.1) is 0 Å². The summed E-state index contributed by atoms with van der Waals surface area (Å²) < 4.78 is 29.9. The monoisotopic (exact) mass is 225 g/mol. The molecule has 0 amide bonds. The van der Waals surface area contributed by atoms with E-state index < -0.39 is 22.2 Å². The zero-order valence-corrected chi connectivity index (χ0v) is 9.17. The molecule has 0 unspecified atom stereocenters. The minimum Gasteiger partial charge on any atom is -0.468 e. The maximum Gasteiger partial charge on any atom is 0.325 e. The van der Waals surface area contributed by atoms with E-state index in [0.717, 1.165) is 11.4 Å². The zero-order valence-electron chi connectivity index (χ0n) is 8.35. The molecule has 0 heterocycles. The Bertz CT molecular complexity index is 287. The van der Waals surface area contributed by atoms with Crippen molar-refractivity contribution in [2.24, 2.45) is 5.73 Å². The van der Waals surface area contributed by atoms with E-state index in [0.29, 0.717) is 0 Å². The van der Waals surface area contributed by atoms with Crippen LogP contribution in [0.5, 0.6) is 0 Å². The number of carbonyl (C=O) groups is 1. The van der Waals surface area contributed by atoms with E-state index in [2.05, 4.69) is 9.46 Å². The maximum absolute atomic E-state index is 11.3. The fourth-order valence-electron chi connectivity index (χ4n) is 0.620. The Kier molecular flexibility index (Phi) is 4.99. The number of nitrogens with one attached hydrogen (secondary N) is 1. The molecule has 0 bridgehead atoms. The van der Waals surface area contributed by atoms with Crippen LogP contribution in [-0.2, 0) is 19.7 Å². The Hall–Kier alpha value is -0.700. The summed E-state index contributed by atoms with van der Waals surface area (Å²) in [5, 5.41) is 0. The SMILES string of the molecule is COC(=O)[C@H](CN)NS(=O)(=O)N(C)C. The largest absolute Gasteiger partial charge is 0.468 e. The van der Waals surface area contributed by atoms with Gasteiger partial charge >= 0.3 is 5.97 Å². The Balaban J connectivity index is 4.56. The number of esters is 1. The van der Waals surface area contributed by atoms with Gasteiger partial charge < -0.3 is 10.5 Å². The maximum atomic E-state index is 11.3. The lowest BCUT2D eigenvalue weighted by atomic mass is 10.3. The molecule has 0 aromatic heterocycles. The number of ether oxygens (including phenoxy) is 1. The number of rotatable bonds is 5.